The van der Waals surface area contributed by atoms with Crippen LogP contribution in [0.5, 0.6) is 0 Å². The molecule has 1 heterocycles. The summed E-state index contributed by atoms with van der Waals surface area (Å²) in [6.45, 7) is 0.665. The quantitative estimate of drug-likeness (QED) is 0.851. The van der Waals surface area contributed by atoms with Crippen molar-refractivity contribution in [2.45, 2.75) is 12.8 Å². The SMILES string of the molecule is NCCCc1cccc(NC(=O)c2cncnc2)c1. The molecule has 0 radical (unpaired) electrons. The Morgan fingerprint density at radius 1 is 1.26 bits per heavy atom. The van der Waals surface area contributed by atoms with Gasteiger partial charge in [-0.25, -0.2) is 9.97 Å². The van der Waals surface area contributed by atoms with E-state index in [2.05, 4.69) is 15.3 Å². The molecule has 1 aromatic heterocycles. The minimum Gasteiger partial charge on any atom is -0.330 e. The van der Waals surface area contributed by atoms with Gasteiger partial charge in [0.15, 0.2) is 0 Å². The fourth-order valence-electron chi connectivity index (χ4n) is 1.73. The van der Waals surface area contributed by atoms with Crippen LogP contribution in [0.1, 0.15) is 22.3 Å². The normalized spacial score (nSPS) is 10.2. The molecule has 0 spiro atoms. The van der Waals surface area contributed by atoms with Gasteiger partial charge >= 0.3 is 0 Å². The third-order valence-corrected chi connectivity index (χ3v) is 2.68. The summed E-state index contributed by atoms with van der Waals surface area (Å²) >= 11 is 0. The van der Waals surface area contributed by atoms with Crippen molar-refractivity contribution in [1.82, 2.24) is 9.97 Å². The monoisotopic (exact) mass is 256 g/mol. The number of hydrogen-bond acceptors (Lipinski definition) is 4. The first kappa shape index (κ1) is 13.2. The molecule has 0 atom stereocenters. The number of carbonyl (C=O) groups is 1. The molecule has 0 unspecified atom stereocenters. The molecule has 2 rings (SSSR count). The molecule has 1 aromatic carbocycles. The summed E-state index contributed by atoms with van der Waals surface area (Å²) in [6, 6.07) is 7.75. The minimum atomic E-state index is -0.212. The van der Waals surface area contributed by atoms with E-state index in [0.717, 1.165) is 24.1 Å². The Hall–Kier alpha value is -2.27. The third kappa shape index (κ3) is 3.86. The number of aryl methyl sites for hydroxylation is 1. The lowest BCUT2D eigenvalue weighted by Crippen LogP contribution is -2.12. The number of anilines is 1. The summed E-state index contributed by atoms with van der Waals surface area (Å²) in [5.41, 5.74) is 7.85. The summed E-state index contributed by atoms with van der Waals surface area (Å²) in [5.74, 6) is -0.212. The molecule has 0 aliphatic rings. The topological polar surface area (TPSA) is 80.9 Å². The standard InChI is InChI=1S/C14H16N4O/c15-6-2-4-11-3-1-5-13(7-11)18-14(19)12-8-16-10-17-9-12/h1,3,5,7-10H,2,4,6,15H2,(H,18,19). The van der Waals surface area contributed by atoms with E-state index in [1.54, 1.807) is 0 Å². The molecule has 1 amide bonds. The van der Waals surface area contributed by atoms with Crippen LogP contribution in [0.15, 0.2) is 43.0 Å². The smallest absolute Gasteiger partial charge is 0.258 e. The summed E-state index contributed by atoms with van der Waals surface area (Å²) in [7, 11) is 0. The van der Waals surface area contributed by atoms with Crippen molar-refractivity contribution in [3.63, 3.8) is 0 Å². The first-order valence-electron chi connectivity index (χ1n) is 6.15. The molecule has 98 valence electrons. The number of benzene rings is 1. The molecule has 0 aliphatic carbocycles. The van der Waals surface area contributed by atoms with Crippen LogP contribution in [0.3, 0.4) is 0 Å². The van der Waals surface area contributed by atoms with Crippen LogP contribution in [0, 0.1) is 0 Å². The summed E-state index contributed by atoms with van der Waals surface area (Å²) in [5, 5.41) is 2.82. The Morgan fingerprint density at radius 3 is 2.79 bits per heavy atom. The highest BCUT2D eigenvalue weighted by molar-refractivity contribution is 6.03. The van der Waals surface area contributed by atoms with Crippen molar-refractivity contribution in [1.29, 1.82) is 0 Å². The number of amides is 1. The average Bonchev–Trinajstić information content (AvgIpc) is 2.46. The average molecular weight is 256 g/mol. The second-order valence-corrected chi connectivity index (χ2v) is 4.17. The molecular weight excluding hydrogens is 240 g/mol. The van der Waals surface area contributed by atoms with E-state index in [0.29, 0.717) is 12.1 Å². The number of carbonyl (C=O) groups excluding carboxylic acids is 1. The number of nitrogens with one attached hydrogen (secondary N) is 1. The van der Waals surface area contributed by atoms with Crippen LogP contribution < -0.4 is 11.1 Å². The Kier molecular flexibility index (Phi) is 4.58. The molecule has 19 heavy (non-hydrogen) atoms. The molecule has 0 bridgehead atoms. The number of nitrogens with zero attached hydrogens (tertiary/aromatic N) is 2. The molecule has 5 heteroatoms. The van der Waals surface area contributed by atoms with Crippen molar-refractivity contribution in [2.75, 3.05) is 11.9 Å². The predicted molar refractivity (Wildman–Crippen MR) is 73.8 cm³/mol. The second-order valence-electron chi connectivity index (χ2n) is 4.17. The highest BCUT2D eigenvalue weighted by Gasteiger charge is 2.06. The Morgan fingerprint density at radius 2 is 2.05 bits per heavy atom. The number of hydrogen-bond donors (Lipinski definition) is 2. The van der Waals surface area contributed by atoms with E-state index < -0.39 is 0 Å². The Bertz CT molecular complexity index is 542. The van der Waals surface area contributed by atoms with Gasteiger partial charge in [0.2, 0.25) is 0 Å². The lowest BCUT2D eigenvalue weighted by atomic mass is 10.1. The van der Waals surface area contributed by atoms with Gasteiger partial charge in [0, 0.05) is 18.1 Å². The minimum absolute atomic E-state index is 0.212. The zero-order valence-electron chi connectivity index (χ0n) is 10.5. The molecule has 0 fully saturated rings. The lowest BCUT2D eigenvalue weighted by molar-refractivity contribution is 0.102. The van der Waals surface area contributed by atoms with Gasteiger partial charge in [-0.05, 0) is 37.1 Å². The summed E-state index contributed by atoms with van der Waals surface area (Å²) in [6.07, 6.45) is 6.21. The first-order chi connectivity index (χ1) is 9.29. The van der Waals surface area contributed by atoms with Crippen LogP contribution in [0.25, 0.3) is 0 Å². The molecule has 0 saturated carbocycles. The maximum absolute atomic E-state index is 11.9. The summed E-state index contributed by atoms with van der Waals surface area (Å²) in [4.78, 5) is 19.6. The van der Waals surface area contributed by atoms with E-state index in [4.69, 9.17) is 5.73 Å². The van der Waals surface area contributed by atoms with E-state index in [-0.39, 0.29) is 5.91 Å². The van der Waals surface area contributed by atoms with Gasteiger partial charge in [0.05, 0.1) is 5.56 Å². The third-order valence-electron chi connectivity index (χ3n) is 2.68. The van der Waals surface area contributed by atoms with Gasteiger partial charge in [-0.1, -0.05) is 12.1 Å². The maximum atomic E-state index is 11.9. The molecule has 5 nitrogen and oxygen atoms in total. The van der Waals surface area contributed by atoms with Gasteiger partial charge in [-0.15, -0.1) is 0 Å². The summed E-state index contributed by atoms with van der Waals surface area (Å²) < 4.78 is 0. The van der Waals surface area contributed by atoms with Crippen LogP contribution >= 0.6 is 0 Å². The fraction of sp³-hybridized carbons (Fsp3) is 0.214. The molecule has 0 saturated heterocycles. The van der Waals surface area contributed by atoms with Crippen molar-refractivity contribution < 1.29 is 4.79 Å². The molecular formula is C14H16N4O. The first-order valence-corrected chi connectivity index (χ1v) is 6.15. The Labute approximate surface area is 111 Å². The number of aromatic nitrogens is 2. The molecule has 3 N–H and O–H groups in total. The van der Waals surface area contributed by atoms with Crippen molar-refractivity contribution in [3.8, 4) is 0 Å². The fourth-order valence-corrected chi connectivity index (χ4v) is 1.73. The predicted octanol–water partition coefficient (Wildman–Crippen LogP) is 1.62. The van der Waals surface area contributed by atoms with Gasteiger partial charge in [0.1, 0.15) is 6.33 Å². The number of nitrogens with two attached hydrogens (primary N) is 1. The molecule has 2 aromatic rings. The van der Waals surface area contributed by atoms with Crippen LogP contribution in [0.2, 0.25) is 0 Å². The van der Waals surface area contributed by atoms with Gasteiger partial charge < -0.3 is 11.1 Å². The van der Waals surface area contributed by atoms with Crippen molar-refractivity contribution in [3.05, 3.63) is 54.1 Å². The lowest BCUT2D eigenvalue weighted by Gasteiger charge is -2.07. The zero-order chi connectivity index (χ0) is 13.5. The highest BCUT2D eigenvalue weighted by atomic mass is 16.1. The highest BCUT2D eigenvalue weighted by Crippen LogP contribution is 2.13. The van der Waals surface area contributed by atoms with E-state index in [1.807, 2.05) is 24.3 Å². The van der Waals surface area contributed by atoms with E-state index >= 15 is 0 Å². The molecule has 0 aliphatic heterocycles. The maximum Gasteiger partial charge on any atom is 0.258 e. The van der Waals surface area contributed by atoms with Gasteiger partial charge in [-0.2, -0.15) is 0 Å². The van der Waals surface area contributed by atoms with E-state index in [1.165, 1.54) is 18.7 Å². The van der Waals surface area contributed by atoms with Crippen LogP contribution in [0.4, 0.5) is 5.69 Å². The largest absolute Gasteiger partial charge is 0.330 e. The van der Waals surface area contributed by atoms with Gasteiger partial charge in [0.25, 0.3) is 5.91 Å². The van der Waals surface area contributed by atoms with Gasteiger partial charge in [-0.3, -0.25) is 4.79 Å². The van der Waals surface area contributed by atoms with Crippen molar-refractivity contribution >= 4 is 11.6 Å². The Balaban J connectivity index is 2.05. The van der Waals surface area contributed by atoms with Crippen LogP contribution in [-0.4, -0.2) is 22.4 Å². The second kappa shape index (κ2) is 6.61. The van der Waals surface area contributed by atoms with E-state index in [9.17, 15) is 4.79 Å². The van der Waals surface area contributed by atoms with Crippen LogP contribution in [-0.2, 0) is 6.42 Å². The number of rotatable bonds is 5. The zero-order valence-corrected chi connectivity index (χ0v) is 10.5. The van der Waals surface area contributed by atoms with Crippen molar-refractivity contribution in [2.24, 2.45) is 5.73 Å².